The van der Waals surface area contributed by atoms with Crippen LogP contribution in [-0.2, 0) is 16.6 Å². The summed E-state index contributed by atoms with van der Waals surface area (Å²) in [6.07, 6.45) is 1.75. The van der Waals surface area contributed by atoms with Gasteiger partial charge in [-0.2, -0.15) is 0 Å². The standard InChI is InChI=1S/C8H10BrNO4S/c9-8-7(3-6(4-11)14-8)15(12,13)10-5-1-2-5/h3,5,10-11H,1-2,4H2. The maximum Gasteiger partial charge on any atom is 0.245 e. The van der Waals surface area contributed by atoms with E-state index in [2.05, 4.69) is 20.7 Å². The van der Waals surface area contributed by atoms with E-state index in [4.69, 9.17) is 9.52 Å². The number of nitrogens with one attached hydrogen (secondary N) is 1. The average molecular weight is 296 g/mol. The second-order valence-corrected chi connectivity index (χ2v) is 5.81. The molecule has 0 aromatic carbocycles. The fourth-order valence-electron chi connectivity index (χ4n) is 1.14. The van der Waals surface area contributed by atoms with Gasteiger partial charge in [-0.15, -0.1) is 0 Å². The number of hydrogen-bond acceptors (Lipinski definition) is 4. The van der Waals surface area contributed by atoms with E-state index in [1.807, 2.05) is 0 Å². The van der Waals surface area contributed by atoms with E-state index in [1.54, 1.807) is 0 Å². The number of aliphatic hydroxyl groups is 1. The highest BCUT2D eigenvalue weighted by atomic mass is 79.9. The predicted octanol–water partition coefficient (Wildman–Crippen LogP) is 0.975. The zero-order valence-corrected chi connectivity index (χ0v) is 10.1. The van der Waals surface area contributed by atoms with E-state index in [0.29, 0.717) is 0 Å². The molecule has 1 aliphatic rings. The molecule has 1 aliphatic carbocycles. The van der Waals surface area contributed by atoms with Gasteiger partial charge in [-0.3, -0.25) is 0 Å². The second-order valence-electron chi connectivity index (χ2n) is 3.40. The van der Waals surface area contributed by atoms with Crippen molar-refractivity contribution in [3.8, 4) is 0 Å². The van der Waals surface area contributed by atoms with E-state index in [0.717, 1.165) is 12.8 Å². The Morgan fingerprint density at radius 1 is 1.60 bits per heavy atom. The van der Waals surface area contributed by atoms with Crippen LogP contribution < -0.4 is 4.72 Å². The number of aliphatic hydroxyl groups excluding tert-OH is 1. The number of furan rings is 1. The summed E-state index contributed by atoms with van der Waals surface area (Å²) in [6, 6.07) is 1.36. The van der Waals surface area contributed by atoms with Crippen molar-refractivity contribution < 1.29 is 17.9 Å². The van der Waals surface area contributed by atoms with Gasteiger partial charge in [0.05, 0.1) is 0 Å². The van der Waals surface area contributed by atoms with Crippen LogP contribution in [0.15, 0.2) is 20.0 Å². The number of rotatable bonds is 4. The first-order chi connectivity index (χ1) is 7.03. The van der Waals surface area contributed by atoms with Crippen LogP contribution in [0.25, 0.3) is 0 Å². The molecule has 7 heteroatoms. The molecule has 1 aromatic heterocycles. The Balaban J connectivity index is 2.30. The highest BCUT2D eigenvalue weighted by molar-refractivity contribution is 9.10. The summed E-state index contributed by atoms with van der Waals surface area (Å²) in [4.78, 5) is 0.0402. The van der Waals surface area contributed by atoms with Crippen molar-refractivity contribution in [2.75, 3.05) is 0 Å². The molecule has 0 radical (unpaired) electrons. The van der Waals surface area contributed by atoms with Crippen LogP contribution in [-0.4, -0.2) is 19.6 Å². The fourth-order valence-corrected chi connectivity index (χ4v) is 3.45. The Kier molecular flexibility index (Phi) is 2.89. The van der Waals surface area contributed by atoms with Crippen molar-refractivity contribution in [2.45, 2.75) is 30.4 Å². The van der Waals surface area contributed by atoms with Crippen LogP contribution in [0, 0.1) is 0 Å². The number of halogens is 1. The van der Waals surface area contributed by atoms with E-state index in [1.165, 1.54) is 6.07 Å². The Hall–Kier alpha value is -0.370. The van der Waals surface area contributed by atoms with Crippen LogP contribution in [0.1, 0.15) is 18.6 Å². The minimum absolute atomic E-state index is 0.0402. The summed E-state index contributed by atoms with van der Waals surface area (Å²) in [5.41, 5.74) is 0. The van der Waals surface area contributed by atoms with Gasteiger partial charge in [0.2, 0.25) is 10.0 Å². The van der Waals surface area contributed by atoms with E-state index in [-0.39, 0.29) is 28.0 Å². The van der Waals surface area contributed by atoms with Crippen LogP contribution in [0.3, 0.4) is 0 Å². The highest BCUT2D eigenvalue weighted by Gasteiger charge is 2.30. The van der Waals surface area contributed by atoms with Crippen LogP contribution >= 0.6 is 15.9 Å². The van der Waals surface area contributed by atoms with Gasteiger partial charge >= 0.3 is 0 Å². The van der Waals surface area contributed by atoms with Crippen molar-refractivity contribution >= 4 is 26.0 Å². The molecule has 1 saturated carbocycles. The maximum absolute atomic E-state index is 11.7. The first-order valence-electron chi connectivity index (χ1n) is 4.44. The molecule has 0 amide bonds. The molecular weight excluding hydrogens is 286 g/mol. The molecule has 84 valence electrons. The van der Waals surface area contributed by atoms with E-state index in [9.17, 15) is 8.42 Å². The Morgan fingerprint density at radius 2 is 2.27 bits per heavy atom. The first kappa shape index (κ1) is 11.1. The van der Waals surface area contributed by atoms with Gasteiger partial charge in [0, 0.05) is 12.1 Å². The van der Waals surface area contributed by atoms with Gasteiger partial charge in [0.15, 0.2) is 4.67 Å². The van der Waals surface area contributed by atoms with E-state index < -0.39 is 10.0 Å². The highest BCUT2D eigenvalue weighted by Crippen LogP contribution is 2.28. The smallest absolute Gasteiger partial charge is 0.245 e. The Bertz CT molecular complexity index is 463. The molecule has 0 spiro atoms. The Labute approximate surface area is 95.7 Å². The fraction of sp³-hybridized carbons (Fsp3) is 0.500. The average Bonchev–Trinajstić information content (AvgIpc) is 2.85. The van der Waals surface area contributed by atoms with Crippen molar-refractivity contribution in [1.82, 2.24) is 4.72 Å². The van der Waals surface area contributed by atoms with Gasteiger partial charge in [-0.05, 0) is 28.8 Å². The molecule has 0 aliphatic heterocycles. The summed E-state index contributed by atoms with van der Waals surface area (Å²) in [5, 5.41) is 8.81. The quantitative estimate of drug-likeness (QED) is 0.868. The summed E-state index contributed by atoms with van der Waals surface area (Å²) >= 11 is 3.01. The summed E-state index contributed by atoms with van der Waals surface area (Å²) in [5.74, 6) is 0.220. The number of sulfonamides is 1. The lowest BCUT2D eigenvalue weighted by Crippen LogP contribution is -2.25. The Morgan fingerprint density at radius 3 is 2.73 bits per heavy atom. The second kappa shape index (κ2) is 3.89. The van der Waals surface area contributed by atoms with Crippen molar-refractivity contribution in [3.63, 3.8) is 0 Å². The summed E-state index contributed by atoms with van der Waals surface area (Å²) in [7, 11) is -3.52. The number of hydrogen-bond donors (Lipinski definition) is 2. The first-order valence-corrected chi connectivity index (χ1v) is 6.72. The minimum atomic E-state index is -3.52. The molecule has 1 heterocycles. The van der Waals surface area contributed by atoms with Gasteiger partial charge in [-0.1, -0.05) is 0 Å². The third-order valence-corrected chi connectivity index (χ3v) is 4.43. The summed E-state index contributed by atoms with van der Waals surface area (Å²) in [6.45, 7) is -0.322. The van der Waals surface area contributed by atoms with Crippen LogP contribution in [0.5, 0.6) is 0 Å². The van der Waals surface area contributed by atoms with Crippen LogP contribution in [0.4, 0.5) is 0 Å². The molecule has 15 heavy (non-hydrogen) atoms. The zero-order chi connectivity index (χ0) is 11.1. The SMILES string of the molecule is O=S(=O)(NC1CC1)c1cc(CO)oc1Br. The molecule has 5 nitrogen and oxygen atoms in total. The van der Waals surface area contributed by atoms with Crippen molar-refractivity contribution in [3.05, 3.63) is 16.5 Å². The van der Waals surface area contributed by atoms with E-state index >= 15 is 0 Å². The van der Waals surface area contributed by atoms with Gasteiger partial charge < -0.3 is 9.52 Å². The molecule has 0 unspecified atom stereocenters. The van der Waals surface area contributed by atoms with Crippen molar-refractivity contribution in [1.29, 1.82) is 0 Å². The predicted molar refractivity (Wildman–Crippen MR) is 55.7 cm³/mol. The van der Waals surface area contributed by atoms with Gasteiger partial charge in [0.1, 0.15) is 17.3 Å². The summed E-state index contributed by atoms with van der Waals surface area (Å²) < 4.78 is 31.1. The molecule has 0 saturated heterocycles. The lowest BCUT2D eigenvalue weighted by molar-refractivity contribution is 0.245. The normalized spacial score (nSPS) is 16.9. The zero-order valence-electron chi connectivity index (χ0n) is 7.73. The third-order valence-electron chi connectivity index (χ3n) is 2.05. The molecule has 0 bridgehead atoms. The minimum Gasteiger partial charge on any atom is -0.450 e. The molecular formula is C8H10BrNO4S. The largest absolute Gasteiger partial charge is 0.450 e. The molecule has 0 atom stereocenters. The third kappa shape index (κ3) is 2.41. The lowest BCUT2D eigenvalue weighted by Gasteiger charge is -2.01. The lowest BCUT2D eigenvalue weighted by atomic mass is 10.5. The molecule has 1 aromatic rings. The van der Waals surface area contributed by atoms with Gasteiger partial charge in [0.25, 0.3) is 0 Å². The topological polar surface area (TPSA) is 79.5 Å². The molecule has 2 rings (SSSR count). The monoisotopic (exact) mass is 295 g/mol. The van der Waals surface area contributed by atoms with Crippen LogP contribution in [0.2, 0.25) is 0 Å². The van der Waals surface area contributed by atoms with Crippen molar-refractivity contribution in [2.24, 2.45) is 0 Å². The van der Waals surface area contributed by atoms with Gasteiger partial charge in [-0.25, -0.2) is 13.1 Å². The molecule has 2 N–H and O–H groups in total. The molecule has 1 fully saturated rings. The maximum atomic E-state index is 11.7.